The molecule has 1 aliphatic rings. The molecule has 0 spiro atoms. The van der Waals surface area contributed by atoms with Crippen molar-refractivity contribution in [3.63, 3.8) is 0 Å². The van der Waals surface area contributed by atoms with E-state index in [1.807, 2.05) is 24.3 Å². The average Bonchev–Trinajstić information content (AvgIpc) is 3.09. The Morgan fingerprint density at radius 2 is 1.80 bits per heavy atom. The van der Waals surface area contributed by atoms with Crippen LogP contribution in [0.2, 0.25) is 0 Å². The van der Waals surface area contributed by atoms with Gasteiger partial charge in [0.05, 0.1) is 10.4 Å². The Kier molecular flexibility index (Phi) is 4.33. The molecule has 1 aromatic heterocycles. The number of hydrogen-bond donors (Lipinski definition) is 1. The van der Waals surface area contributed by atoms with Crippen molar-refractivity contribution in [1.29, 1.82) is 0 Å². The lowest BCUT2D eigenvalue weighted by Crippen LogP contribution is -2.42. The normalized spacial score (nSPS) is 16.3. The smallest absolute Gasteiger partial charge is 0.268 e. The molecular weight excluding hydrogens is 334 g/mol. The van der Waals surface area contributed by atoms with Crippen LogP contribution in [0.15, 0.2) is 59.6 Å². The number of nitrogens with one attached hydrogen (secondary N) is 1. The SMILES string of the molecule is O=S(=O)(c1ccccc1)n1ccc2c(CN3CCNCC3)[c]ccc21. The van der Waals surface area contributed by atoms with Crippen LogP contribution in [0.5, 0.6) is 0 Å². The first-order chi connectivity index (χ1) is 12.2. The number of nitrogens with zero attached hydrogens (tertiary/aromatic N) is 2. The Labute approximate surface area is 147 Å². The van der Waals surface area contributed by atoms with Crippen LogP contribution in [0.3, 0.4) is 0 Å². The summed E-state index contributed by atoms with van der Waals surface area (Å²) in [5.74, 6) is 0. The fourth-order valence-corrected chi connectivity index (χ4v) is 4.65. The van der Waals surface area contributed by atoms with Gasteiger partial charge < -0.3 is 5.32 Å². The van der Waals surface area contributed by atoms with Gasteiger partial charge in [-0.05, 0) is 35.9 Å². The van der Waals surface area contributed by atoms with Crippen molar-refractivity contribution >= 4 is 20.9 Å². The summed E-state index contributed by atoms with van der Waals surface area (Å²) in [5.41, 5.74) is 1.74. The Bertz CT molecular complexity index is 974. The van der Waals surface area contributed by atoms with Gasteiger partial charge in [-0.25, -0.2) is 12.4 Å². The number of aromatic nitrogens is 1. The highest BCUT2D eigenvalue weighted by Crippen LogP contribution is 2.25. The van der Waals surface area contributed by atoms with Crippen molar-refractivity contribution in [3.05, 3.63) is 66.4 Å². The first-order valence-electron chi connectivity index (χ1n) is 8.40. The maximum absolute atomic E-state index is 12.9. The highest BCUT2D eigenvalue weighted by molar-refractivity contribution is 7.90. The van der Waals surface area contributed by atoms with Crippen molar-refractivity contribution in [1.82, 2.24) is 14.2 Å². The predicted octanol–water partition coefficient (Wildman–Crippen LogP) is 2.08. The van der Waals surface area contributed by atoms with E-state index < -0.39 is 10.0 Å². The van der Waals surface area contributed by atoms with Gasteiger partial charge in [-0.1, -0.05) is 24.3 Å². The highest BCUT2D eigenvalue weighted by atomic mass is 32.2. The summed E-state index contributed by atoms with van der Waals surface area (Å²) in [6.45, 7) is 4.74. The van der Waals surface area contributed by atoms with Crippen LogP contribution < -0.4 is 5.32 Å². The van der Waals surface area contributed by atoms with E-state index in [1.165, 1.54) is 3.97 Å². The lowest BCUT2D eigenvalue weighted by atomic mass is 10.1. The second-order valence-electron chi connectivity index (χ2n) is 6.21. The zero-order valence-corrected chi connectivity index (χ0v) is 14.7. The molecule has 3 aromatic rings. The Morgan fingerprint density at radius 1 is 1.04 bits per heavy atom. The van der Waals surface area contributed by atoms with Gasteiger partial charge >= 0.3 is 0 Å². The zero-order chi connectivity index (χ0) is 17.3. The van der Waals surface area contributed by atoms with Crippen molar-refractivity contribution in [2.75, 3.05) is 26.2 Å². The minimum atomic E-state index is -3.59. The summed E-state index contributed by atoms with van der Waals surface area (Å²) in [5, 5.41) is 4.29. The minimum absolute atomic E-state index is 0.295. The summed E-state index contributed by atoms with van der Waals surface area (Å²) >= 11 is 0. The van der Waals surface area contributed by atoms with E-state index in [0.717, 1.165) is 43.7 Å². The number of rotatable bonds is 4. The molecule has 1 saturated heterocycles. The molecule has 1 N–H and O–H groups in total. The average molecular weight is 354 g/mol. The molecule has 0 saturated carbocycles. The van der Waals surface area contributed by atoms with Crippen LogP contribution in [0.25, 0.3) is 10.9 Å². The van der Waals surface area contributed by atoms with Crippen molar-refractivity contribution in [3.8, 4) is 0 Å². The standard InChI is InChI=1S/C19H20N3O2S/c23-25(24,17-6-2-1-3-7-17)22-12-9-18-16(5-4-8-19(18)22)15-21-13-10-20-11-14-21/h1-4,6-9,12,20H,10-11,13-15H2. The number of hydrogen-bond acceptors (Lipinski definition) is 4. The van der Waals surface area contributed by atoms with Crippen LogP contribution in [0.1, 0.15) is 5.56 Å². The van der Waals surface area contributed by atoms with Gasteiger partial charge in [0.25, 0.3) is 10.0 Å². The molecule has 25 heavy (non-hydrogen) atoms. The predicted molar refractivity (Wildman–Crippen MR) is 97.9 cm³/mol. The third kappa shape index (κ3) is 3.08. The largest absolute Gasteiger partial charge is 0.314 e. The highest BCUT2D eigenvalue weighted by Gasteiger charge is 2.20. The molecule has 2 heterocycles. The number of piperazine rings is 1. The molecule has 0 aliphatic carbocycles. The van der Waals surface area contributed by atoms with E-state index in [2.05, 4.69) is 16.3 Å². The van der Waals surface area contributed by atoms with Gasteiger partial charge in [0.1, 0.15) is 0 Å². The molecule has 6 heteroatoms. The molecule has 4 rings (SSSR count). The molecule has 0 atom stereocenters. The third-order valence-corrected chi connectivity index (χ3v) is 6.31. The second kappa shape index (κ2) is 6.63. The summed E-state index contributed by atoms with van der Waals surface area (Å²) in [7, 11) is -3.59. The summed E-state index contributed by atoms with van der Waals surface area (Å²) in [6, 6.07) is 17.3. The second-order valence-corrected chi connectivity index (χ2v) is 8.03. The zero-order valence-electron chi connectivity index (χ0n) is 13.9. The molecular formula is C19H20N3O2S. The molecule has 0 amide bonds. The van der Waals surface area contributed by atoms with Crippen LogP contribution in [-0.2, 0) is 16.6 Å². The summed E-state index contributed by atoms with van der Waals surface area (Å²) in [6.07, 6.45) is 1.64. The van der Waals surface area contributed by atoms with Crippen molar-refractivity contribution in [2.45, 2.75) is 11.4 Å². The molecule has 0 unspecified atom stereocenters. The van der Waals surface area contributed by atoms with Gasteiger partial charge in [-0.3, -0.25) is 4.90 Å². The van der Waals surface area contributed by atoms with Crippen LogP contribution >= 0.6 is 0 Å². The molecule has 129 valence electrons. The van der Waals surface area contributed by atoms with E-state index in [9.17, 15) is 8.42 Å². The van der Waals surface area contributed by atoms with Gasteiger partial charge in [0.2, 0.25) is 0 Å². The maximum Gasteiger partial charge on any atom is 0.268 e. The van der Waals surface area contributed by atoms with Crippen molar-refractivity contribution in [2.24, 2.45) is 0 Å². The maximum atomic E-state index is 12.9. The first kappa shape index (κ1) is 16.3. The Balaban J connectivity index is 1.74. The van der Waals surface area contributed by atoms with E-state index in [-0.39, 0.29) is 0 Å². The topological polar surface area (TPSA) is 54.3 Å². The fraction of sp³-hybridized carbons (Fsp3) is 0.263. The quantitative estimate of drug-likeness (QED) is 0.779. The first-order valence-corrected chi connectivity index (χ1v) is 9.84. The fourth-order valence-electron chi connectivity index (χ4n) is 3.28. The summed E-state index contributed by atoms with van der Waals surface area (Å²) < 4.78 is 27.3. The summed E-state index contributed by atoms with van der Waals surface area (Å²) in [4.78, 5) is 2.66. The van der Waals surface area contributed by atoms with Gasteiger partial charge in [0.15, 0.2) is 0 Å². The molecule has 5 nitrogen and oxygen atoms in total. The van der Waals surface area contributed by atoms with Gasteiger partial charge in [-0.2, -0.15) is 0 Å². The Morgan fingerprint density at radius 3 is 2.56 bits per heavy atom. The lowest BCUT2D eigenvalue weighted by molar-refractivity contribution is 0.234. The monoisotopic (exact) mass is 354 g/mol. The molecule has 1 aliphatic heterocycles. The van der Waals surface area contributed by atoms with E-state index in [1.54, 1.807) is 30.5 Å². The van der Waals surface area contributed by atoms with Crippen LogP contribution in [0.4, 0.5) is 0 Å². The molecule has 1 fully saturated rings. The number of benzene rings is 2. The third-order valence-electron chi connectivity index (χ3n) is 4.61. The van der Waals surface area contributed by atoms with Gasteiger partial charge in [0, 0.05) is 44.3 Å². The van der Waals surface area contributed by atoms with E-state index >= 15 is 0 Å². The van der Waals surface area contributed by atoms with Gasteiger partial charge in [-0.15, -0.1) is 0 Å². The molecule has 1 radical (unpaired) electrons. The molecule has 2 aromatic carbocycles. The molecule has 0 bridgehead atoms. The van der Waals surface area contributed by atoms with E-state index in [4.69, 9.17) is 0 Å². The van der Waals surface area contributed by atoms with Crippen LogP contribution in [-0.4, -0.2) is 43.5 Å². The minimum Gasteiger partial charge on any atom is -0.314 e. The van der Waals surface area contributed by atoms with E-state index in [0.29, 0.717) is 10.4 Å². The Hall–Kier alpha value is -2.15. The van der Waals surface area contributed by atoms with Crippen molar-refractivity contribution < 1.29 is 8.42 Å². The lowest BCUT2D eigenvalue weighted by Gasteiger charge is -2.27. The number of fused-ring (bicyclic) bond motifs is 1. The van der Waals surface area contributed by atoms with Crippen LogP contribution in [0, 0.1) is 6.07 Å².